The molecule has 0 unspecified atom stereocenters. The van der Waals surface area contributed by atoms with Crippen molar-refractivity contribution in [1.29, 1.82) is 0 Å². The zero-order chi connectivity index (χ0) is 25.7. The third kappa shape index (κ3) is 6.15. The van der Waals surface area contributed by atoms with Gasteiger partial charge in [0.05, 0.1) is 0 Å². The van der Waals surface area contributed by atoms with Crippen LogP contribution < -0.4 is 0 Å². The SMILES string of the molecule is Cc1ccnc2c(O)cccc12.Cc1ccnc2c(O)cccc12.Cc1ccnc2c(O)cccc12.[Al+3]. The summed E-state index contributed by atoms with van der Waals surface area (Å²) in [6.07, 6.45) is 5.12. The summed E-state index contributed by atoms with van der Waals surface area (Å²) in [5.74, 6) is 0.739. The molecule has 0 aliphatic carbocycles. The predicted octanol–water partition coefficient (Wildman–Crippen LogP) is 6.37. The van der Waals surface area contributed by atoms with E-state index in [0.717, 1.165) is 32.8 Å². The van der Waals surface area contributed by atoms with E-state index in [1.54, 1.807) is 36.8 Å². The van der Waals surface area contributed by atoms with E-state index in [-0.39, 0.29) is 34.6 Å². The third-order valence-corrected chi connectivity index (χ3v) is 5.90. The van der Waals surface area contributed by atoms with Gasteiger partial charge in [0, 0.05) is 34.7 Å². The Morgan fingerprint density at radius 3 is 0.946 bits per heavy atom. The topological polar surface area (TPSA) is 99.4 Å². The van der Waals surface area contributed by atoms with Gasteiger partial charge in [-0.15, -0.1) is 0 Å². The molecule has 3 aromatic carbocycles. The van der Waals surface area contributed by atoms with Crippen molar-refractivity contribution in [1.82, 2.24) is 15.0 Å². The Hall–Kier alpha value is -4.18. The number of hydrogen-bond donors (Lipinski definition) is 3. The summed E-state index contributed by atoms with van der Waals surface area (Å²) in [6, 6.07) is 22.1. The molecule has 0 saturated heterocycles. The number of benzene rings is 3. The fourth-order valence-electron chi connectivity index (χ4n) is 3.90. The van der Waals surface area contributed by atoms with Crippen molar-refractivity contribution in [2.24, 2.45) is 0 Å². The van der Waals surface area contributed by atoms with Gasteiger partial charge in [0.15, 0.2) is 0 Å². The molecule has 180 valence electrons. The maximum absolute atomic E-state index is 9.43. The monoisotopic (exact) mass is 504 g/mol. The van der Waals surface area contributed by atoms with Gasteiger partial charge >= 0.3 is 17.4 Å². The number of phenolic OH excluding ortho intramolecular Hbond substituents is 3. The molecule has 0 amide bonds. The third-order valence-electron chi connectivity index (χ3n) is 5.90. The molecule has 3 heterocycles. The summed E-state index contributed by atoms with van der Waals surface area (Å²) in [5.41, 5.74) is 5.44. The minimum absolute atomic E-state index is 0. The Morgan fingerprint density at radius 2 is 0.703 bits per heavy atom. The van der Waals surface area contributed by atoms with E-state index < -0.39 is 0 Å². The van der Waals surface area contributed by atoms with Gasteiger partial charge in [-0.05, 0) is 73.9 Å². The van der Waals surface area contributed by atoms with Gasteiger partial charge in [-0.3, -0.25) is 15.0 Å². The molecule has 0 bridgehead atoms. The molecule has 3 aromatic heterocycles. The van der Waals surface area contributed by atoms with Crippen LogP contribution in [0.5, 0.6) is 17.2 Å². The summed E-state index contributed by atoms with van der Waals surface area (Å²) in [5, 5.41) is 31.3. The summed E-state index contributed by atoms with van der Waals surface area (Å²) in [7, 11) is 0. The molecular weight excluding hydrogens is 477 g/mol. The maximum Gasteiger partial charge on any atom is 3.00 e. The number of aromatic nitrogens is 3. The maximum atomic E-state index is 9.43. The largest absolute Gasteiger partial charge is 3.00 e. The minimum Gasteiger partial charge on any atom is -0.506 e. The minimum atomic E-state index is 0. The molecule has 6 aromatic rings. The van der Waals surface area contributed by atoms with Crippen LogP contribution in [0.25, 0.3) is 32.7 Å². The standard InChI is InChI=1S/3C10H9NO.Al/c3*1-7-5-6-11-10-8(7)3-2-4-9(10)12;/h3*2-6,12H,1H3;/q;;;+3. The van der Waals surface area contributed by atoms with Crippen molar-refractivity contribution in [2.75, 3.05) is 0 Å². The van der Waals surface area contributed by atoms with E-state index in [0.29, 0.717) is 16.6 Å². The Kier molecular flexibility index (Phi) is 9.02. The molecule has 3 N–H and O–H groups in total. The van der Waals surface area contributed by atoms with E-state index >= 15 is 0 Å². The second kappa shape index (κ2) is 12.2. The molecule has 0 spiro atoms. The van der Waals surface area contributed by atoms with E-state index in [9.17, 15) is 15.3 Å². The van der Waals surface area contributed by atoms with Crippen molar-refractivity contribution in [3.63, 3.8) is 0 Å². The number of aromatic hydroxyl groups is 3. The zero-order valence-corrected chi connectivity index (χ0v) is 22.1. The first-order valence-electron chi connectivity index (χ1n) is 11.5. The van der Waals surface area contributed by atoms with Crippen molar-refractivity contribution in [3.05, 3.63) is 108 Å². The summed E-state index contributed by atoms with van der Waals surface area (Å²) in [4.78, 5) is 12.3. The van der Waals surface area contributed by atoms with Crippen LogP contribution in [0.2, 0.25) is 0 Å². The van der Waals surface area contributed by atoms with Crippen LogP contribution in [0.4, 0.5) is 0 Å². The van der Waals surface area contributed by atoms with Gasteiger partial charge in [-0.1, -0.05) is 36.4 Å². The van der Waals surface area contributed by atoms with Gasteiger partial charge in [0.25, 0.3) is 0 Å². The van der Waals surface area contributed by atoms with E-state index in [1.165, 1.54) is 0 Å². The molecule has 7 heteroatoms. The molecule has 0 aliphatic heterocycles. The summed E-state index contributed by atoms with van der Waals surface area (Å²) < 4.78 is 0. The first-order valence-corrected chi connectivity index (χ1v) is 11.5. The molecule has 0 atom stereocenters. The van der Waals surface area contributed by atoms with Gasteiger partial charge in [-0.2, -0.15) is 0 Å². The zero-order valence-electron chi connectivity index (χ0n) is 20.9. The van der Waals surface area contributed by atoms with Crippen LogP contribution in [-0.2, 0) is 0 Å². The number of para-hydroxylation sites is 3. The fourth-order valence-corrected chi connectivity index (χ4v) is 3.90. The number of pyridine rings is 3. The number of phenols is 3. The molecule has 37 heavy (non-hydrogen) atoms. The Bertz CT molecular complexity index is 1350. The average molecular weight is 505 g/mol. The van der Waals surface area contributed by atoms with E-state index in [1.807, 2.05) is 75.4 Å². The first-order chi connectivity index (χ1) is 17.4. The first kappa shape index (κ1) is 27.4. The van der Waals surface area contributed by atoms with Crippen LogP contribution >= 0.6 is 0 Å². The van der Waals surface area contributed by atoms with Crippen LogP contribution in [-0.4, -0.2) is 47.6 Å². The Morgan fingerprint density at radius 1 is 0.432 bits per heavy atom. The Balaban J connectivity index is 0.000000152. The van der Waals surface area contributed by atoms with E-state index in [2.05, 4.69) is 15.0 Å². The van der Waals surface area contributed by atoms with Crippen LogP contribution in [0, 0.1) is 20.8 Å². The number of fused-ring (bicyclic) bond motifs is 3. The quantitative estimate of drug-likeness (QED) is 0.208. The summed E-state index contributed by atoms with van der Waals surface area (Å²) >= 11 is 0. The van der Waals surface area contributed by atoms with Crippen molar-refractivity contribution >= 4 is 50.1 Å². The molecular formula is C30H27AlN3O3+3. The molecule has 0 saturated carbocycles. The van der Waals surface area contributed by atoms with Crippen molar-refractivity contribution < 1.29 is 15.3 Å². The second-order valence-electron chi connectivity index (χ2n) is 8.40. The fraction of sp³-hybridized carbons (Fsp3) is 0.100. The van der Waals surface area contributed by atoms with Crippen molar-refractivity contribution in [2.45, 2.75) is 20.8 Å². The molecule has 0 aliphatic rings. The number of rotatable bonds is 0. The van der Waals surface area contributed by atoms with Crippen LogP contribution in [0.3, 0.4) is 0 Å². The smallest absolute Gasteiger partial charge is 0.506 e. The van der Waals surface area contributed by atoms with Gasteiger partial charge < -0.3 is 15.3 Å². The number of hydrogen-bond acceptors (Lipinski definition) is 6. The number of nitrogens with zero attached hydrogens (tertiary/aromatic N) is 3. The van der Waals surface area contributed by atoms with E-state index in [4.69, 9.17) is 0 Å². The van der Waals surface area contributed by atoms with Crippen LogP contribution in [0.15, 0.2) is 91.4 Å². The molecule has 6 nitrogen and oxygen atoms in total. The Labute approximate surface area is 226 Å². The number of aryl methyl sites for hydroxylation is 3. The molecule has 0 fully saturated rings. The predicted molar refractivity (Wildman–Crippen MR) is 150 cm³/mol. The van der Waals surface area contributed by atoms with Gasteiger partial charge in [0.2, 0.25) is 0 Å². The normalized spacial score (nSPS) is 10.1. The second-order valence-corrected chi connectivity index (χ2v) is 8.40. The molecule has 6 rings (SSSR count). The average Bonchev–Trinajstić information content (AvgIpc) is 2.87. The van der Waals surface area contributed by atoms with Gasteiger partial charge in [0.1, 0.15) is 33.8 Å². The molecule has 0 radical (unpaired) electrons. The summed E-state index contributed by atoms with van der Waals surface area (Å²) in [6.45, 7) is 6.01. The van der Waals surface area contributed by atoms with Gasteiger partial charge in [-0.25, -0.2) is 0 Å². The van der Waals surface area contributed by atoms with Crippen LogP contribution in [0.1, 0.15) is 16.7 Å². The van der Waals surface area contributed by atoms with Crippen molar-refractivity contribution in [3.8, 4) is 17.2 Å².